The number of aromatic nitrogens is 4. The van der Waals surface area contributed by atoms with Crippen LogP contribution in [0.1, 0.15) is 24.5 Å². The summed E-state index contributed by atoms with van der Waals surface area (Å²) in [5.74, 6) is 2.49. The highest BCUT2D eigenvalue weighted by Crippen LogP contribution is 2.32. The zero-order valence-corrected chi connectivity index (χ0v) is 20.1. The van der Waals surface area contributed by atoms with Crippen LogP contribution in [-0.2, 0) is 13.2 Å². The second kappa shape index (κ2) is 12.8. The minimum Gasteiger partial charge on any atom is -0.490 e. The lowest BCUT2D eigenvalue weighted by Crippen LogP contribution is -2.16. The SMILES string of the molecule is CCOc1cccc(CNCCCSc2nnnn2-c2ccccc2)c1OCc1ccccc1. The first-order valence-corrected chi connectivity index (χ1v) is 12.4. The number of para-hydroxylation sites is 2. The molecule has 0 radical (unpaired) electrons. The van der Waals surface area contributed by atoms with Gasteiger partial charge in [-0.1, -0.05) is 72.4 Å². The van der Waals surface area contributed by atoms with Crippen molar-refractivity contribution in [1.29, 1.82) is 0 Å². The molecule has 0 spiro atoms. The molecule has 0 amide bonds. The van der Waals surface area contributed by atoms with Crippen molar-refractivity contribution in [3.05, 3.63) is 90.0 Å². The Morgan fingerprint density at radius 2 is 1.71 bits per heavy atom. The molecule has 0 fully saturated rings. The third kappa shape index (κ3) is 6.59. The molecule has 4 rings (SSSR count). The molecule has 0 bridgehead atoms. The predicted molar refractivity (Wildman–Crippen MR) is 135 cm³/mol. The molecule has 1 N–H and O–H groups in total. The Bertz CT molecular complexity index is 1140. The summed E-state index contributed by atoms with van der Waals surface area (Å²) in [4.78, 5) is 0. The summed E-state index contributed by atoms with van der Waals surface area (Å²) in [6.07, 6.45) is 0.984. The van der Waals surface area contributed by atoms with Gasteiger partial charge in [0.15, 0.2) is 11.5 Å². The molecule has 0 aliphatic carbocycles. The van der Waals surface area contributed by atoms with E-state index >= 15 is 0 Å². The highest BCUT2D eigenvalue weighted by Gasteiger charge is 2.12. The Morgan fingerprint density at radius 3 is 2.50 bits per heavy atom. The first kappa shape index (κ1) is 23.8. The van der Waals surface area contributed by atoms with Crippen LogP contribution in [0.15, 0.2) is 84.0 Å². The van der Waals surface area contributed by atoms with E-state index in [1.165, 1.54) is 0 Å². The topological polar surface area (TPSA) is 74.1 Å². The van der Waals surface area contributed by atoms with Gasteiger partial charge in [0.05, 0.1) is 12.3 Å². The molecule has 1 aromatic heterocycles. The first-order valence-electron chi connectivity index (χ1n) is 11.4. The number of hydrogen-bond donors (Lipinski definition) is 1. The maximum Gasteiger partial charge on any atom is 0.214 e. The Kier molecular flexibility index (Phi) is 8.93. The van der Waals surface area contributed by atoms with Crippen LogP contribution in [0.5, 0.6) is 11.5 Å². The molecule has 1 heterocycles. The van der Waals surface area contributed by atoms with E-state index in [0.29, 0.717) is 19.8 Å². The van der Waals surface area contributed by atoms with Gasteiger partial charge in [-0.3, -0.25) is 0 Å². The summed E-state index contributed by atoms with van der Waals surface area (Å²) >= 11 is 1.65. The van der Waals surface area contributed by atoms with E-state index < -0.39 is 0 Å². The van der Waals surface area contributed by atoms with Crippen LogP contribution in [0.4, 0.5) is 0 Å². The number of hydrogen-bond acceptors (Lipinski definition) is 7. The van der Waals surface area contributed by atoms with Crippen LogP contribution < -0.4 is 14.8 Å². The number of nitrogens with zero attached hydrogens (tertiary/aromatic N) is 4. The lowest BCUT2D eigenvalue weighted by Gasteiger charge is -2.16. The number of thioether (sulfide) groups is 1. The van der Waals surface area contributed by atoms with E-state index in [-0.39, 0.29) is 0 Å². The standard InChI is InChI=1S/C26H29N5O2S/c1-2-32-24-16-9-13-22(25(24)33-20-21-11-5-3-6-12-21)19-27-17-10-18-34-26-28-29-30-31(26)23-14-7-4-8-15-23/h3-9,11-16,27H,2,10,17-20H2,1H3. The van der Waals surface area contributed by atoms with Gasteiger partial charge in [0.2, 0.25) is 5.16 Å². The van der Waals surface area contributed by atoms with E-state index in [0.717, 1.165) is 52.2 Å². The van der Waals surface area contributed by atoms with E-state index in [2.05, 4.69) is 39.0 Å². The van der Waals surface area contributed by atoms with Crippen molar-refractivity contribution in [3.63, 3.8) is 0 Å². The first-order chi connectivity index (χ1) is 16.8. The molecule has 0 saturated heterocycles. The zero-order valence-electron chi connectivity index (χ0n) is 19.3. The molecule has 7 nitrogen and oxygen atoms in total. The van der Waals surface area contributed by atoms with Gasteiger partial charge < -0.3 is 14.8 Å². The normalized spacial score (nSPS) is 10.9. The molecular formula is C26H29N5O2S. The van der Waals surface area contributed by atoms with Crippen molar-refractivity contribution in [3.8, 4) is 17.2 Å². The molecule has 4 aromatic rings. The van der Waals surface area contributed by atoms with E-state index in [1.54, 1.807) is 16.4 Å². The summed E-state index contributed by atoms with van der Waals surface area (Å²) < 4.78 is 13.8. The largest absolute Gasteiger partial charge is 0.490 e. The Morgan fingerprint density at radius 1 is 0.912 bits per heavy atom. The summed E-state index contributed by atoms with van der Waals surface area (Å²) in [5.41, 5.74) is 3.18. The van der Waals surface area contributed by atoms with Gasteiger partial charge in [-0.25, -0.2) is 0 Å². The summed E-state index contributed by atoms with van der Waals surface area (Å²) in [6, 6.07) is 26.2. The van der Waals surface area contributed by atoms with Crippen molar-refractivity contribution in [1.82, 2.24) is 25.5 Å². The van der Waals surface area contributed by atoms with Crippen molar-refractivity contribution < 1.29 is 9.47 Å². The molecule has 0 unspecified atom stereocenters. The van der Waals surface area contributed by atoms with E-state index in [4.69, 9.17) is 9.47 Å². The third-order valence-electron chi connectivity index (χ3n) is 5.07. The highest BCUT2D eigenvalue weighted by atomic mass is 32.2. The molecule has 0 aliphatic heterocycles. The van der Waals surface area contributed by atoms with Crippen LogP contribution in [0.2, 0.25) is 0 Å². The zero-order chi connectivity index (χ0) is 23.4. The molecule has 0 saturated carbocycles. The van der Waals surface area contributed by atoms with Crippen molar-refractivity contribution in [2.45, 2.75) is 31.7 Å². The number of benzene rings is 3. The van der Waals surface area contributed by atoms with Gasteiger partial charge in [0.25, 0.3) is 0 Å². The van der Waals surface area contributed by atoms with Gasteiger partial charge in [0, 0.05) is 17.9 Å². The van der Waals surface area contributed by atoms with Crippen LogP contribution in [0.3, 0.4) is 0 Å². The molecule has 8 heteroatoms. The van der Waals surface area contributed by atoms with Gasteiger partial charge in [-0.15, -0.1) is 5.10 Å². The van der Waals surface area contributed by atoms with Crippen LogP contribution in [0, 0.1) is 0 Å². The maximum atomic E-state index is 6.20. The summed E-state index contributed by atoms with van der Waals surface area (Å²) in [6.45, 7) is 4.66. The minimum atomic E-state index is 0.505. The molecule has 176 valence electrons. The molecule has 3 aromatic carbocycles. The van der Waals surface area contributed by atoms with Crippen LogP contribution in [0.25, 0.3) is 5.69 Å². The molecule has 34 heavy (non-hydrogen) atoms. The fourth-order valence-electron chi connectivity index (χ4n) is 3.45. The fourth-order valence-corrected chi connectivity index (χ4v) is 4.28. The van der Waals surface area contributed by atoms with Crippen molar-refractivity contribution >= 4 is 11.8 Å². The lowest BCUT2D eigenvalue weighted by atomic mass is 10.1. The quantitative estimate of drug-likeness (QED) is 0.217. The smallest absolute Gasteiger partial charge is 0.214 e. The molecule has 0 aliphatic rings. The number of ether oxygens (including phenoxy) is 2. The number of tetrazole rings is 1. The monoisotopic (exact) mass is 475 g/mol. The molecule has 0 atom stereocenters. The average Bonchev–Trinajstić information content (AvgIpc) is 3.35. The van der Waals surface area contributed by atoms with Gasteiger partial charge in [-0.2, -0.15) is 4.68 Å². The van der Waals surface area contributed by atoms with Gasteiger partial charge >= 0.3 is 0 Å². The average molecular weight is 476 g/mol. The van der Waals surface area contributed by atoms with Crippen molar-refractivity contribution in [2.24, 2.45) is 0 Å². The Labute approximate surface area is 204 Å². The minimum absolute atomic E-state index is 0.505. The predicted octanol–water partition coefficient (Wildman–Crippen LogP) is 4.91. The third-order valence-corrected chi connectivity index (χ3v) is 6.08. The number of nitrogens with one attached hydrogen (secondary N) is 1. The lowest BCUT2D eigenvalue weighted by molar-refractivity contribution is 0.266. The van der Waals surface area contributed by atoms with Crippen LogP contribution in [-0.4, -0.2) is 39.1 Å². The Balaban J connectivity index is 1.28. The summed E-state index contributed by atoms with van der Waals surface area (Å²) in [5, 5.41) is 16.4. The highest BCUT2D eigenvalue weighted by molar-refractivity contribution is 7.99. The van der Waals surface area contributed by atoms with E-state index in [1.807, 2.05) is 67.6 Å². The van der Waals surface area contributed by atoms with Gasteiger partial charge in [-0.05, 0) is 54.1 Å². The second-order valence-electron chi connectivity index (χ2n) is 7.54. The van der Waals surface area contributed by atoms with Crippen LogP contribution >= 0.6 is 11.8 Å². The second-order valence-corrected chi connectivity index (χ2v) is 8.60. The van der Waals surface area contributed by atoms with E-state index in [9.17, 15) is 0 Å². The van der Waals surface area contributed by atoms with Crippen molar-refractivity contribution in [2.75, 3.05) is 18.9 Å². The Hall–Kier alpha value is -3.36. The molecular weight excluding hydrogens is 446 g/mol. The maximum absolute atomic E-state index is 6.20. The number of rotatable bonds is 13. The summed E-state index contributed by atoms with van der Waals surface area (Å²) in [7, 11) is 0. The van der Waals surface area contributed by atoms with Gasteiger partial charge in [0.1, 0.15) is 6.61 Å². The fraction of sp³-hybridized carbons (Fsp3) is 0.269.